The van der Waals surface area contributed by atoms with E-state index in [0.29, 0.717) is 44.2 Å². The van der Waals surface area contributed by atoms with Gasteiger partial charge in [-0.05, 0) is 42.3 Å². The van der Waals surface area contributed by atoms with Gasteiger partial charge in [-0.25, -0.2) is 10.4 Å². The second-order valence-corrected chi connectivity index (χ2v) is 6.55. The third-order valence-corrected chi connectivity index (χ3v) is 4.21. The van der Waals surface area contributed by atoms with Gasteiger partial charge in [0.15, 0.2) is 11.5 Å². The van der Waals surface area contributed by atoms with E-state index in [1.165, 1.54) is 6.21 Å². The van der Waals surface area contributed by atoms with Gasteiger partial charge in [-0.15, -0.1) is 0 Å². The van der Waals surface area contributed by atoms with E-state index in [2.05, 4.69) is 20.5 Å². The first-order chi connectivity index (χ1) is 14.5. The Bertz CT molecular complexity index is 908. The molecule has 0 saturated carbocycles. The fourth-order valence-electron chi connectivity index (χ4n) is 2.64. The summed E-state index contributed by atoms with van der Waals surface area (Å²) in [6.07, 6.45) is 2.40. The Labute approximate surface area is 177 Å². The molecule has 0 bridgehead atoms. The molecule has 1 aliphatic heterocycles. The number of nitrogens with one attached hydrogen (secondary N) is 1. The molecule has 1 N–H and O–H groups in total. The van der Waals surface area contributed by atoms with Crippen LogP contribution in [0.2, 0.25) is 5.28 Å². The third-order valence-electron chi connectivity index (χ3n) is 4.03. The van der Waals surface area contributed by atoms with Gasteiger partial charge >= 0.3 is 0 Å². The molecule has 3 rings (SSSR count). The van der Waals surface area contributed by atoms with E-state index < -0.39 is 5.82 Å². The number of ether oxygens (including phenoxy) is 3. The van der Waals surface area contributed by atoms with Crippen molar-refractivity contribution >= 4 is 23.7 Å². The maximum absolute atomic E-state index is 13.8. The fourth-order valence-corrected chi connectivity index (χ4v) is 2.77. The second-order valence-electron chi connectivity index (χ2n) is 6.22. The SMILES string of the molecule is CCOc1cc(C=NNC(=O)CN2CCOCC2)ccc1Oc1nc(Cl)ncc1F. The van der Waals surface area contributed by atoms with Gasteiger partial charge in [0, 0.05) is 13.1 Å². The van der Waals surface area contributed by atoms with Crippen LogP contribution in [0.25, 0.3) is 0 Å². The molecular weight excluding hydrogens is 417 g/mol. The predicted molar refractivity (Wildman–Crippen MR) is 108 cm³/mol. The molecule has 0 aliphatic carbocycles. The van der Waals surface area contributed by atoms with Crippen molar-refractivity contribution in [3.8, 4) is 17.4 Å². The van der Waals surface area contributed by atoms with Crippen LogP contribution in [0.4, 0.5) is 4.39 Å². The normalized spacial score (nSPS) is 14.6. The third kappa shape index (κ3) is 6.34. The molecule has 9 nitrogen and oxygen atoms in total. The minimum atomic E-state index is -0.754. The number of carbonyl (C=O) groups is 1. The summed E-state index contributed by atoms with van der Waals surface area (Å²) in [6.45, 7) is 5.10. The molecule has 1 aromatic carbocycles. The van der Waals surface area contributed by atoms with Crippen LogP contribution in [-0.4, -0.2) is 66.4 Å². The predicted octanol–water partition coefficient (Wildman–Crippen LogP) is 2.24. The Morgan fingerprint density at radius 3 is 2.97 bits per heavy atom. The first-order valence-corrected chi connectivity index (χ1v) is 9.67. The summed E-state index contributed by atoms with van der Waals surface area (Å²) in [6, 6.07) is 4.91. The lowest BCUT2D eigenvalue weighted by Crippen LogP contribution is -2.42. The number of morpholine rings is 1. The number of hydrazone groups is 1. The quantitative estimate of drug-likeness (QED) is 0.384. The molecular formula is C19H21ClFN5O4. The fraction of sp³-hybridized carbons (Fsp3) is 0.368. The summed E-state index contributed by atoms with van der Waals surface area (Å²) >= 11 is 5.69. The van der Waals surface area contributed by atoms with Gasteiger partial charge in [-0.2, -0.15) is 14.5 Å². The van der Waals surface area contributed by atoms with Crippen LogP contribution in [0, 0.1) is 5.82 Å². The van der Waals surface area contributed by atoms with E-state index >= 15 is 0 Å². The summed E-state index contributed by atoms with van der Waals surface area (Å²) in [5, 5.41) is 3.83. The topological polar surface area (TPSA) is 98.2 Å². The first-order valence-electron chi connectivity index (χ1n) is 9.30. The lowest BCUT2D eigenvalue weighted by atomic mass is 10.2. The number of nitrogens with zero attached hydrogens (tertiary/aromatic N) is 4. The highest BCUT2D eigenvalue weighted by molar-refractivity contribution is 6.28. The molecule has 1 amide bonds. The van der Waals surface area contributed by atoms with Crippen molar-refractivity contribution in [2.75, 3.05) is 39.5 Å². The maximum Gasteiger partial charge on any atom is 0.260 e. The van der Waals surface area contributed by atoms with Gasteiger partial charge in [0.05, 0.1) is 38.8 Å². The van der Waals surface area contributed by atoms with Crippen LogP contribution < -0.4 is 14.9 Å². The average molecular weight is 438 g/mol. The van der Waals surface area contributed by atoms with Gasteiger partial charge in [0.1, 0.15) is 0 Å². The minimum Gasteiger partial charge on any atom is -0.490 e. The summed E-state index contributed by atoms with van der Waals surface area (Å²) in [4.78, 5) is 21.2. The summed E-state index contributed by atoms with van der Waals surface area (Å²) in [5.74, 6) is -0.674. The monoisotopic (exact) mass is 437 g/mol. The van der Waals surface area contributed by atoms with Crippen LogP contribution >= 0.6 is 11.6 Å². The summed E-state index contributed by atoms with van der Waals surface area (Å²) in [7, 11) is 0. The number of aromatic nitrogens is 2. The summed E-state index contributed by atoms with van der Waals surface area (Å²) < 4.78 is 30.1. The molecule has 0 spiro atoms. The lowest BCUT2D eigenvalue weighted by Gasteiger charge is -2.25. The number of carbonyl (C=O) groups excluding carboxylic acids is 1. The zero-order valence-corrected chi connectivity index (χ0v) is 17.1. The molecule has 0 unspecified atom stereocenters. The van der Waals surface area contributed by atoms with Crippen molar-refractivity contribution in [2.45, 2.75) is 6.92 Å². The Balaban J connectivity index is 1.64. The van der Waals surface area contributed by atoms with E-state index in [9.17, 15) is 9.18 Å². The van der Waals surface area contributed by atoms with Crippen molar-refractivity contribution in [1.29, 1.82) is 0 Å². The van der Waals surface area contributed by atoms with Crippen molar-refractivity contribution in [3.63, 3.8) is 0 Å². The molecule has 2 heterocycles. The molecule has 1 aliphatic rings. The van der Waals surface area contributed by atoms with Crippen LogP contribution in [-0.2, 0) is 9.53 Å². The van der Waals surface area contributed by atoms with Crippen LogP contribution in [0.1, 0.15) is 12.5 Å². The highest BCUT2D eigenvalue weighted by atomic mass is 35.5. The molecule has 30 heavy (non-hydrogen) atoms. The molecule has 0 radical (unpaired) electrons. The smallest absolute Gasteiger partial charge is 0.260 e. The second kappa shape index (κ2) is 10.8. The number of rotatable bonds is 8. The van der Waals surface area contributed by atoms with E-state index in [0.717, 1.165) is 6.20 Å². The van der Waals surface area contributed by atoms with Crippen molar-refractivity contribution in [1.82, 2.24) is 20.3 Å². The van der Waals surface area contributed by atoms with E-state index in [1.54, 1.807) is 25.1 Å². The van der Waals surface area contributed by atoms with E-state index in [4.69, 9.17) is 25.8 Å². The zero-order chi connectivity index (χ0) is 21.3. The largest absolute Gasteiger partial charge is 0.490 e. The highest BCUT2D eigenvalue weighted by Gasteiger charge is 2.14. The molecule has 1 saturated heterocycles. The van der Waals surface area contributed by atoms with Crippen LogP contribution in [0.15, 0.2) is 29.5 Å². The zero-order valence-electron chi connectivity index (χ0n) is 16.3. The Kier molecular flexibility index (Phi) is 7.89. The van der Waals surface area contributed by atoms with E-state index in [1.807, 2.05) is 4.90 Å². The Hall–Kier alpha value is -2.82. The number of hydrogen-bond acceptors (Lipinski definition) is 8. The van der Waals surface area contributed by atoms with E-state index in [-0.39, 0.29) is 29.4 Å². The Morgan fingerprint density at radius 1 is 1.40 bits per heavy atom. The molecule has 2 aromatic rings. The van der Waals surface area contributed by atoms with Gasteiger partial charge in [-0.3, -0.25) is 9.69 Å². The average Bonchev–Trinajstić information content (AvgIpc) is 2.73. The Morgan fingerprint density at radius 2 is 2.20 bits per heavy atom. The molecule has 1 fully saturated rings. The highest BCUT2D eigenvalue weighted by Crippen LogP contribution is 2.32. The van der Waals surface area contributed by atoms with Crippen molar-refractivity contribution < 1.29 is 23.4 Å². The summed E-state index contributed by atoms with van der Waals surface area (Å²) in [5.41, 5.74) is 3.14. The molecule has 11 heteroatoms. The van der Waals surface area contributed by atoms with Gasteiger partial charge in [0.25, 0.3) is 11.8 Å². The number of amides is 1. The van der Waals surface area contributed by atoms with Crippen LogP contribution in [0.3, 0.4) is 0 Å². The van der Waals surface area contributed by atoms with Crippen molar-refractivity contribution in [3.05, 3.63) is 41.1 Å². The van der Waals surface area contributed by atoms with Crippen LogP contribution in [0.5, 0.6) is 17.4 Å². The van der Waals surface area contributed by atoms with Crippen molar-refractivity contribution in [2.24, 2.45) is 5.10 Å². The first kappa shape index (κ1) is 21.9. The maximum atomic E-state index is 13.8. The van der Waals surface area contributed by atoms with Gasteiger partial charge < -0.3 is 14.2 Å². The lowest BCUT2D eigenvalue weighted by molar-refractivity contribution is -0.123. The number of halogens is 2. The molecule has 0 atom stereocenters. The van der Waals surface area contributed by atoms with Gasteiger partial charge in [0.2, 0.25) is 11.1 Å². The van der Waals surface area contributed by atoms with Gasteiger partial charge in [-0.1, -0.05) is 0 Å². The minimum absolute atomic E-state index is 0.138. The number of hydrogen-bond donors (Lipinski definition) is 1. The molecule has 1 aromatic heterocycles. The molecule has 160 valence electrons. The standard InChI is InChI=1S/C19H21ClFN5O4/c1-2-29-16-9-13(10-23-25-17(27)12-26-5-7-28-8-6-26)3-4-15(16)30-18-14(21)11-22-19(20)24-18/h3-4,9-11H,2,5-8,12H2,1H3,(H,25,27). The number of benzene rings is 1.